The van der Waals surface area contributed by atoms with Crippen molar-refractivity contribution in [2.24, 2.45) is 0 Å². The third-order valence-electron chi connectivity index (χ3n) is 4.67. The Morgan fingerprint density at radius 2 is 1.53 bits per heavy atom. The summed E-state index contributed by atoms with van der Waals surface area (Å²) in [6, 6.07) is 16.9. The molecule has 3 aromatic carbocycles. The molecule has 34 heavy (non-hydrogen) atoms. The summed E-state index contributed by atoms with van der Waals surface area (Å²) in [5.74, 6) is -0.603. The van der Waals surface area contributed by atoms with Crippen LogP contribution in [0.4, 0.5) is 17.1 Å². The Morgan fingerprint density at radius 1 is 0.941 bits per heavy atom. The van der Waals surface area contributed by atoms with Gasteiger partial charge in [0.25, 0.3) is 10.0 Å². The molecular formula is C22H21BrClN3O5S2. The van der Waals surface area contributed by atoms with Crippen molar-refractivity contribution >= 4 is 70.5 Å². The number of benzene rings is 3. The van der Waals surface area contributed by atoms with Crippen molar-refractivity contribution in [3.8, 4) is 0 Å². The molecule has 0 radical (unpaired) electrons. The molecule has 0 aliphatic rings. The van der Waals surface area contributed by atoms with Crippen LogP contribution in [0.1, 0.15) is 5.56 Å². The number of anilines is 3. The van der Waals surface area contributed by atoms with E-state index >= 15 is 0 Å². The van der Waals surface area contributed by atoms with E-state index in [1.54, 1.807) is 43.3 Å². The summed E-state index contributed by atoms with van der Waals surface area (Å²) in [5.41, 5.74) is 1.64. The van der Waals surface area contributed by atoms with Gasteiger partial charge in [-0.1, -0.05) is 33.6 Å². The highest BCUT2D eigenvalue weighted by molar-refractivity contribution is 9.10. The first-order chi connectivity index (χ1) is 15.8. The lowest BCUT2D eigenvalue weighted by Crippen LogP contribution is -2.37. The van der Waals surface area contributed by atoms with Gasteiger partial charge in [-0.25, -0.2) is 16.8 Å². The number of hydrogen-bond acceptors (Lipinski definition) is 5. The third-order valence-corrected chi connectivity index (χ3v) is 7.96. The van der Waals surface area contributed by atoms with Gasteiger partial charge in [0.15, 0.2) is 0 Å². The van der Waals surface area contributed by atoms with E-state index in [1.807, 2.05) is 0 Å². The lowest BCUT2D eigenvalue weighted by atomic mass is 10.2. The van der Waals surface area contributed by atoms with Gasteiger partial charge in [0.2, 0.25) is 15.9 Å². The number of aryl methyl sites for hydroxylation is 1. The third kappa shape index (κ3) is 6.72. The maximum atomic E-state index is 12.6. The number of nitrogens with one attached hydrogen (secondary N) is 2. The molecule has 0 aliphatic carbocycles. The second-order valence-corrected chi connectivity index (χ2v) is 12.3. The molecule has 0 aromatic heterocycles. The van der Waals surface area contributed by atoms with Crippen LogP contribution in [0.2, 0.25) is 5.02 Å². The number of halogens is 2. The summed E-state index contributed by atoms with van der Waals surface area (Å²) < 4.78 is 54.1. The maximum Gasteiger partial charge on any atom is 0.261 e. The molecule has 3 rings (SSSR count). The summed E-state index contributed by atoms with van der Waals surface area (Å²) in [4.78, 5) is 12.6. The van der Waals surface area contributed by atoms with E-state index in [2.05, 4.69) is 26.0 Å². The molecule has 1 amide bonds. The topological polar surface area (TPSA) is 113 Å². The van der Waals surface area contributed by atoms with Gasteiger partial charge in [0.1, 0.15) is 6.54 Å². The predicted molar refractivity (Wildman–Crippen MR) is 138 cm³/mol. The van der Waals surface area contributed by atoms with Crippen LogP contribution in [0.25, 0.3) is 0 Å². The van der Waals surface area contributed by atoms with E-state index in [9.17, 15) is 21.6 Å². The molecule has 0 saturated carbocycles. The summed E-state index contributed by atoms with van der Waals surface area (Å²) in [5, 5.41) is 2.92. The lowest BCUT2D eigenvalue weighted by molar-refractivity contribution is -0.114. The lowest BCUT2D eigenvalue weighted by Gasteiger charge is -2.23. The van der Waals surface area contributed by atoms with E-state index in [0.717, 1.165) is 15.0 Å². The molecule has 180 valence electrons. The minimum absolute atomic E-state index is 0.000678. The Kier molecular flexibility index (Phi) is 7.91. The number of carbonyl (C=O) groups excluding carboxylic acids is 1. The molecule has 0 spiro atoms. The Labute approximate surface area is 212 Å². The molecule has 0 saturated heterocycles. The summed E-state index contributed by atoms with van der Waals surface area (Å²) in [6.07, 6.45) is 0.999. The highest BCUT2D eigenvalue weighted by atomic mass is 79.9. The van der Waals surface area contributed by atoms with Gasteiger partial charge in [-0.15, -0.1) is 0 Å². The summed E-state index contributed by atoms with van der Waals surface area (Å²) in [7, 11) is -7.61. The second kappa shape index (κ2) is 10.3. The van der Waals surface area contributed by atoms with Gasteiger partial charge in [0, 0.05) is 20.9 Å². The number of amides is 1. The number of rotatable bonds is 8. The highest BCUT2D eigenvalue weighted by Crippen LogP contribution is 2.26. The van der Waals surface area contributed by atoms with Gasteiger partial charge in [-0.05, 0) is 73.2 Å². The molecule has 3 aromatic rings. The van der Waals surface area contributed by atoms with Gasteiger partial charge in [-0.2, -0.15) is 0 Å². The second-order valence-electron chi connectivity index (χ2n) is 7.39. The van der Waals surface area contributed by atoms with Gasteiger partial charge in [0.05, 0.1) is 16.8 Å². The Bertz CT molecular complexity index is 1410. The average molecular weight is 587 g/mol. The van der Waals surface area contributed by atoms with E-state index < -0.39 is 32.5 Å². The summed E-state index contributed by atoms with van der Waals surface area (Å²) >= 11 is 9.30. The van der Waals surface area contributed by atoms with Crippen LogP contribution in [0.3, 0.4) is 0 Å². The number of nitrogens with zero attached hydrogens (tertiary/aromatic N) is 1. The number of sulfonamides is 2. The molecule has 0 atom stereocenters. The fourth-order valence-corrected chi connectivity index (χ4v) is 5.41. The summed E-state index contributed by atoms with van der Waals surface area (Å²) in [6.45, 7) is 1.23. The van der Waals surface area contributed by atoms with Crippen molar-refractivity contribution in [3.05, 3.63) is 81.8 Å². The van der Waals surface area contributed by atoms with E-state index in [0.29, 0.717) is 27.6 Å². The molecule has 8 nitrogen and oxygen atoms in total. The van der Waals surface area contributed by atoms with Crippen molar-refractivity contribution in [1.29, 1.82) is 0 Å². The first-order valence-electron chi connectivity index (χ1n) is 9.77. The SMILES string of the molecule is Cc1ccc(Cl)cc1N(CC(=O)Nc1ccc(S(=O)(=O)Nc2ccc(Br)cc2)cc1)S(C)(=O)=O. The molecule has 0 aliphatic heterocycles. The zero-order valence-electron chi connectivity index (χ0n) is 18.1. The van der Waals surface area contributed by atoms with Crippen LogP contribution in [-0.4, -0.2) is 35.5 Å². The van der Waals surface area contributed by atoms with Gasteiger partial charge < -0.3 is 5.32 Å². The Hall–Kier alpha value is -2.60. The molecule has 2 N–H and O–H groups in total. The van der Waals surface area contributed by atoms with Crippen LogP contribution >= 0.6 is 27.5 Å². The first-order valence-corrected chi connectivity index (χ1v) is 14.3. The highest BCUT2D eigenvalue weighted by Gasteiger charge is 2.23. The smallest absolute Gasteiger partial charge is 0.261 e. The minimum atomic E-state index is -3.83. The van der Waals surface area contributed by atoms with Crippen LogP contribution in [0.15, 0.2) is 76.1 Å². The van der Waals surface area contributed by atoms with E-state index in [4.69, 9.17) is 11.6 Å². The van der Waals surface area contributed by atoms with Crippen LogP contribution < -0.4 is 14.3 Å². The quantitative estimate of drug-likeness (QED) is 0.400. The number of hydrogen-bond donors (Lipinski definition) is 2. The molecule has 12 heteroatoms. The van der Waals surface area contributed by atoms with E-state index in [1.165, 1.54) is 30.3 Å². The minimum Gasteiger partial charge on any atom is -0.325 e. The Balaban J connectivity index is 1.73. The Morgan fingerprint density at radius 3 is 2.12 bits per heavy atom. The van der Waals surface area contributed by atoms with Crippen molar-refractivity contribution < 1.29 is 21.6 Å². The molecular weight excluding hydrogens is 566 g/mol. The monoisotopic (exact) mass is 585 g/mol. The standard InChI is InChI=1S/C22H21BrClN3O5S2/c1-15-3-6-17(24)13-21(15)27(33(2,29)30)14-22(28)25-18-9-11-20(12-10-18)34(31,32)26-19-7-4-16(23)5-8-19/h3-13,26H,14H2,1-2H3,(H,25,28). The zero-order valence-corrected chi connectivity index (χ0v) is 22.1. The predicted octanol–water partition coefficient (Wildman–Crippen LogP) is 4.62. The largest absolute Gasteiger partial charge is 0.325 e. The molecule has 0 bridgehead atoms. The van der Waals surface area contributed by atoms with Crippen LogP contribution in [-0.2, 0) is 24.8 Å². The normalized spacial score (nSPS) is 11.6. The molecule has 0 heterocycles. The molecule has 0 unspecified atom stereocenters. The fourth-order valence-electron chi connectivity index (χ4n) is 3.01. The van der Waals surface area contributed by atoms with Crippen LogP contribution in [0.5, 0.6) is 0 Å². The van der Waals surface area contributed by atoms with Crippen molar-refractivity contribution in [2.75, 3.05) is 27.1 Å². The first kappa shape index (κ1) is 26.0. The maximum absolute atomic E-state index is 12.6. The molecule has 0 fully saturated rings. The fraction of sp³-hybridized carbons (Fsp3) is 0.136. The van der Waals surface area contributed by atoms with Gasteiger partial charge in [-0.3, -0.25) is 13.8 Å². The van der Waals surface area contributed by atoms with Crippen molar-refractivity contribution in [2.45, 2.75) is 11.8 Å². The van der Waals surface area contributed by atoms with Crippen LogP contribution in [0, 0.1) is 6.92 Å². The average Bonchev–Trinajstić information content (AvgIpc) is 2.75. The van der Waals surface area contributed by atoms with Gasteiger partial charge >= 0.3 is 0 Å². The van der Waals surface area contributed by atoms with Crippen molar-refractivity contribution in [3.63, 3.8) is 0 Å². The number of carbonyl (C=O) groups is 1. The van der Waals surface area contributed by atoms with E-state index in [-0.39, 0.29) is 4.90 Å². The van der Waals surface area contributed by atoms with Crippen molar-refractivity contribution in [1.82, 2.24) is 0 Å². The zero-order chi connectivity index (χ0) is 25.1.